The van der Waals surface area contributed by atoms with E-state index in [0.717, 1.165) is 11.1 Å². The molecule has 0 fully saturated rings. The molecule has 8 heteroatoms. The van der Waals surface area contributed by atoms with Gasteiger partial charge in [0.15, 0.2) is 12.7 Å². The molecule has 2 aromatic carbocycles. The number of benzene rings is 2. The van der Waals surface area contributed by atoms with E-state index in [0.29, 0.717) is 12.2 Å². The Labute approximate surface area is 162 Å². The molecule has 0 heterocycles. The van der Waals surface area contributed by atoms with Gasteiger partial charge in [-0.15, -0.1) is 0 Å². The third-order valence-electron chi connectivity index (χ3n) is 4.08. The highest BCUT2D eigenvalue weighted by molar-refractivity contribution is 5.95. The van der Waals surface area contributed by atoms with Gasteiger partial charge in [-0.05, 0) is 49.6 Å². The number of para-hydroxylation sites is 1. The second kappa shape index (κ2) is 9.50. The van der Waals surface area contributed by atoms with E-state index >= 15 is 0 Å². The smallest absolute Gasteiger partial charge is 0.347 e. The van der Waals surface area contributed by atoms with Crippen LogP contribution in [0.1, 0.15) is 24.5 Å². The van der Waals surface area contributed by atoms with Gasteiger partial charge in [-0.1, -0.05) is 25.1 Å². The topological polar surface area (TPSA) is 108 Å². The Balaban J connectivity index is 1.97. The van der Waals surface area contributed by atoms with Crippen LogP contribution >= 0.6 is 0 Å². The Morgan fingerprint density at radius 1 is 1.14 bits per heavy atom. The molecule has 28 heavy (non-hydrogen) atoms. The number of hydrogen-bond acceptors (Lipinski definition) is 6. The number of carbonyl (C=O) groups is 2. The first-order valence-corrected chi connectivity index (χ1v) is 8.75. The molecule has 0 radical (unpaired) electrons. The number of nitro groups is 1. The summed E-state index contributed by atoms with van der Waals surface area (Å²) in [4.78, 5) is 34.9. The van der Waals surface area contributed by atoms with Crippen LogP contribution in [0.3, 0.4) is 0 Å². The summed E-state index contributed by atoms with van der Waals surface area (Å²) in [6, 6.07) is 11.7. The number of anilines is 1. The lowest BCUT2D eigenvalue weighted by Crippen LogP contribution is -2.31. The van der Waals surface area contributed by atoms with Gasteiger partial charge in [-0.3, -0.25) is 14.9 Å². The quantitative estimate of drug-likeness (QED) is 0.422. The molecule has 0 aliphatic heterocycles. The summed E-state index contributed by atoms with van der Waals surface area (Å²) in [6.07, 6.45) is -0.496. The van der Waals surface area contributed by atoms with E-state index in [1.807, 2.05) is 6.07 Å². The van der Waals surface area contributed by atoms with Crippen molar-refractivity contribution in [3.8, 4) is 5.75 Å². The van der Waals surface area contributed by atoms with Crippen LogP contribution < -0.4 is 10.1 Å². The number of nitro benzene ring substituents is 1. The van der Waals surface area contributed by atoms with E-state index in [1.54, 1.807) is 45.0 Å². The van der Waals surface area contributed by atoms with Crippen LogP contribution in [0.2, 0.25) is 0 Å². The number of aryl methyl sites for hydroxylation is 2. The molecule has 0 bridgehead atoms. The highest BCUT2D eigenvalue weighted by atomic mass is 16.6. The lowest BCUT2D eigenvalue weighted by Gasteiger charge is -2.16. The van der Waals surface area contributed by atoms with Gasteiger partial charge in [-0.25, -0.2) is 4.79 Å². The molecule has 0 aliphatic rings. The summed E-state index contributed by atoms with van der Waals surface area (Å²) in [7, 11) is 0. The SMILES string of the molecule is CC[C@H](Oc1ccccc1)C(=O)OCC(=O)Nc1cc(C)c(C)cc1[N+](=O)[O-]. The van der Waals surface area contributed by atoms with Crippen LogP contribution in [0.4, 0.5) is 11.4 Å². The molecule has 0 saturated carbocycles. The summed E-state index contributed by atoms with van der Waals surface area (Å²) in [6.45, 7) is 4.71. The Morgan fingerprint density at radius 2 is 1.79 bits per heavy atom. The second-order valence-electron chi connectivity index (χ2n) is 6.19. The van der Waals surface area contributed by atoms with Gasteiger partial charge < -0.3 is 14.8 Å². The zero-order valence-electron chi connectivity index (χ0n) is 15.9. The fraction of sp³-hybridized carbons (Fsp3) is 0.300. The Kier molecular flexibility index (Phi) is 7.08. The Bertz CT molecular complexity index is 866. The zero-order chi connectivity index (χ0) is 20.7. The normalized spacial score (nSPS) is 11.4. The maximum atomic E-state index is 12.2. The van der Waals surface area contributed by atoms with Gasteiger partial charge in [0.25, 0.3) is 11.6 Å². The molecule has 1 amide bonds. The summed E-state index contributed by atoms with van der Waals surface area (Å²) in [5.41, 5.74) is 1.36. The van der Waals surface area contributed by atoms with Crippen molar-refractivity contribution in [2.45, 2.75) is 33.3 Å². The molecule has 2 aromatic rings. The van der Waals surface area contributed by atoms with Gasteiger partial charge >= 0.3 is 5.97 Å². The first-order chi connectivity index (χ1) is 13.3. The number of nitrogens with one attached hydrogen (secondary N) is 1. The summed E-state index contributed by atoms with van der Waals surface area (Å²) < 4.78 is 10.6. The minimum absolute atomic E-state index is 0.0572. The van der Waals surface area contributed by atoms with Crippen LogP contribution in [-0.2, 0) is 14.3 Å². The Morgan fingerprint density at radius 3 is 2.39 bits per heavy atom. The number of nitrogens with zero attached hydrogens (tertiary/aromatic N) is 1. The predicted molar refractivity (Wildman–Crippen MR) is 103 cm³/mol. The molecule has 0 spiro atoms. The second-order valence-corrected chi connectivity index (χ2v) is 6.19. The van der Waals surface area contributed by atoms with Gasteiger partial charge in [0.1, 0.15) is 11.4 Å². The number of esters is 1. The fourth-order valence-electron chi connectivity index (χ4n) is 2.43. The standard InChI is InChI=1S/C20H22N2O6/c1-4-18(28-15-8-6-5-7-9-15)20(24)27-12-19(23)21-16-10-13(2)14(3)11-17(16)22(25)26/h5-11,18H,4,12H2,1-3H3,(H,21,23)/t18-/m0/s1. The van der Waals surface area contributed by atoms with Crippen molar-refractivity contribution < 1.29 is 24.0 Å². The lowest BCUT2D eigenvalue weighted by atomic mass is 10.1. The highest BCUT2D eigenvalue weighted by Gasteiger charge is 2.22. The third-order valence-corrected chi connectivity index (χ3v) is 4.08. The molecule has 2 rings (SSSR count). The first kappa shape index (κ1) is 20.9. The van der Waals surface area contributed by atoms with Crippen LogP contribution in [0, 0.1) is 24.0 Å². The minimum atomic E-state index is -0.855. The molecule has 0 unspecified atom stereocenters. The molecule has 1 atom stereocenters. The fourth-order valence-corrected chi connectivity index (χ4v) is 2.43. The molecule has 148 valence electrons. The Hall–Kier alpha value is -3.42. The van der Waals surface area contributed by atoms with E-state index < -0.39 is 29.5 Å². The number of rotatable bonds is 8. The molecule has 8 nitrogen and oxygen atoms in total. The van der Waals surface area contributed by atoms with Gasteiger partial charge in [0.05, 0.1) is 4.92 Å². The van der Waals surface area contributed by atoms with Crippen LogP contribution in [0.5, 0.6) is 5.75 Å². The van der Waals surface area contributed by atoms with E-state index in [2.05, 4.69) is 5.32 Å². The summed E-state index contributed by atoms with van der Waals surface area (Å²) >= 11 is 0. The molecule has 0 aliphatic carbocycles. The molecular formula is C20H22N2O6. The van der Waals surface area contributed by atoms with Crippen molar-refractivity contribution in [2.75, 3.05) is 11.9 Å². The largest absolute Gasteiger partial charge is 0.479 e. The van der Waals surface area contributed by atoms with Gasteiger partial charge in [-0.2, -0.15) is 0 Å². The van der Waals surface area contributed by atoms with Crippen molar-refractivity contribution in [1.29, 1.82) is 0 Å². The molecule has 1 N–H and O–H groups in total. The number of hydrogen-bond donors (Lipinski definition) is 1. The highest BCUT2D eigenvalue weighted by Crippen LogP contribution is 2.27. The van der Waals surface area contributed by atoms with Crippen LogP contribution in [0.15, 0.2) is 42.5 Å². The molecule has 0 aromatic heterocycles. The number of ether oxygens (including phenoxy) is 2. The maximum absolute atomic E-state index is 12.2. The number of carbonyl (C=O) groups excluding carboxylic acids is 2. The third kappa shape index (κ3) is 5.54. The molecule has 0 saturated heterocycles. The van der Waals surface area contributed by atoms with Gasteiger partial charge in [0, 0.05) is 6.07 Å². The zero-order valence-corrected chi connectivity index (χ0v) is 15.9. The average Bonchev–Trinajstić information content (AvgIpc) is 2.67. The van der Waals surface area contributed by atoms with Crippen molar-refractivity contribution in [3.63, 3.8) is 0 Å². The van der Waals surface area contributed by atoms with E-state index in [1.165, 1.54) is 12.1 Å². The van der Waals surface area contributed by atoms with Crippen LogP contribution in [0.25, 0.3) is 0 Å². The lowest BCUT2D eigenvalue weighted by molar-refractivity contribution is -0.384. The monoisotopic (exact) mass is 386 g/mol. The van der Waals surface area contributed by atoms with E-state index in [9.17, 15) is 19.7 Å². The van der Waals surface area contributed by atoms with Crippen molar-refractivity contribution >= 4 is 23.3 Å². The van der Waals surface area contributed by atoms with Crippen molar-refractivity contribution in [1.82, 2.24) is 0 Å². The summed E-state index contributed by atoms with van der Waals surface area (Å²) in [5.74, 6) is -0.841. The predicted octanol–water partition coefficient (Wildman–Crippen LogP) is 3.55. The van der Waals surface area contributed by atoms with E-state index in [-0.39, 0.29) is 11.4 Å². The molecular weight excluding hydrogens is 364 g/mol. The number of amides is 1. The van der Waals surface area contributed by atoms with Crippen molar-refractivity contribution in [3.05, 3.63) is 63.7 Å². The van der Waals surface area contributed by atoms with Crippen molar-refractivity contribution in [2.24, 2.45) is 0 Å². The first-order valence-electron chi connectivity index (χ1n) is 8.75. The minimum Gasteiger partial charge on any atom is -0.479 e. The van der Waals surface area contributed by atoms with Gasteiger partial charge in [0.2, 0.25) is 0 Å². The van der Waals surface area contributed by atoms with Crippen LogP contribution in [-0.4, -0.2) is 29.5 Å². The summed E-state index contributed by atoms with van der Waals surface area (Å²) in [5, 5.41) is 13.6. The average molecular weight is 386 g/mol. The maximum Gasteiger partial charge on any atom is 0.347 e. The van der Waals surface area contributed by atoms with E-state index in [4.69, 9.17) is 9.47 Å².